The molecule has 3 nitrogen and oxygen atoms in total. The summed E-state index contributed by atoms with van der Waals surface area (Å²) in [6, 6.07) is 12.5. The van der Waals surface area contributed by atoms with E-state index in [9.17, 15) is 0 Å². The molecule has 0 amide bonds. The largest absolute Gasteiger partial charge is 0.329 e. The van der Waals surface area contributed by atoms with Crippen LogP contribution >= 0.6 is 0 Å². The molecule has 4 unspecified atom stereocenters. The van der Waals surface area contributed by atoms with Crippen LogP contribution in [0.15, 0.2) is 30.3 Å². The van der Waals surface area contributed by atoms with E-state index in [0.29, 0.717) is 24.0 Å². The van der Waals surface area contributed by atoms with Gasteiger partial charge in [0.25, 0.3) is 0 Å². The van der Waals surface area contributed by atoms with Gasteiger partial charge in [-0.25, -0.2) is 0 Å². The van der Waals surface area contributed by atoms with E-state index in [4.69, 9.17) is 5.73 Å². The lowest BCUT2D eigenvalue weighted by Crippen LogP contribution is -2.58. The third kappa shape index (κ3) is 4.06. The first kappa shape index (κ1) is 16.5. The topological polar surface area (TPSA) is 32.5 Å². The molecule has 1 aromatic rings. The number of hydrogen-bond donors (Lipinski definition) is 1. The van der Waals surface area contributed by atoms with Crippen LogP contribution in [0.5, 0.6) is 0 Å². The van der Waals surface area contributed by atoms with Crippen molar-refractivity contribution < 1.29 is 0 Å². The smallest absolute Gasteiger partial charge is 0.0225 e. The molecule has 0 spiro atoms. The Hall–Kier alpha value is -0.900. The molecule has 3 heteroatoms. The van der Waals surface area contributed by atoms with E-state index in [-0.39, 0.29) is 0 Å². The van der Waals surface area contributed by atoms with Crippen LogP contribution in [0.4, 0.5) is 0 Å². The highest BCUT2D eigenvalue weighted by atomic mass is 15.3. The molecule has 4 atom stereocenters. The van der Waals surface area contributed by atoms with Gasteiger partial charge in [0.05, 0.1) is 0 Å². The van der Waals surface area contributed by atoms with Crippen LogP contribution in [0, 0.1) is 0 Å². The zero-order valence-electron chi connectivity index (χ0n) is 14.0. The van der Waals surface area contributed by atoms with E-state index in [2.05, 4.69) is 68.0 Å². The zero-order valence-corrected chi connectivity index (χ0v) is 14.0. The maximum Gasteiger partial charge on any atom is 0.0225 e. The minimum Gasteiger partial charge on any atom is -0.329 e. The van der Waals surface area contributed by atoms with E-state index in [1.165, 1.54) is 5.56 Å². The van der Waals surface area contributed by atoms with Gasteiger partial charge >= 0.3 is 0 Å². The van der Waals surface area contributed by atoms with Gasteiger partial charge in [-0.05, 0) is 38.8 Å². The Bertz CT molecular complexity index is 408. The molecule has 1 heterocycles. The fourth-order valence-electron chi connectivity index (χ4n) is 3.46. The number of benzene rings is 1. The number of nitrogens with two attached hydrogens (primary N) is 1. The summed E-state index contributed by atoms with van der Waals surface area (Å²) >= 11 is 0. The fraction of sp³-hybridized carbons (Fsp3) is 0.667. The molecule has 118 valence electrons. The first-order valence-corrected chi connectivity index (χ1v) is 8.24. The highest BCUT2D eigenvalue weighted by Crippen LogP contribution is 2.24. The van der Waals surface area contributed by atoms with Crippen molar-refractivity contribution in [3.05, 3.63) is 35.9 Å². The first-order chi connectivity index (χ1) is 10.0. The van der Waals surface area contributed by atoms with Crippen molar-refractivity contribution in [3.8, 4) is 0 Å². The van der Waals surface area contributed by atoms with Crippen LogP contribution in [0.3, 0.4) is 0 Å². The molecular formula is C18H31N3. The van der Waals surface area contributed by atoms with Gasteiger partial charge < -0.3 is 5.73 Å². The number of likely N-dealkylation sites (N-methyl/N-ethyl adjacent to an activating group) is 1. The minimum atomic E-state index is 0.485. The van der Waals surface area contributed by atoms with Crippen LogP contribution < -0.4 is 5.73 Å². The predicted octanol–water partition coefficient (Wildman–Crippen LogP) is 2.53. The second kappa shape index (κ2) is 7.39. The lowest BCUT2D eigenvalue weighted by Gasteiger charge is -2.46. The summed E-state index contributed by atoms with van der Waals surface area (Å²) in [5.74, 6) is 0.560. The Labute approximate surface area is 130 Å². The lowest BCUT2D eigenvalue weighted by atomic mass is 9.92. The Morgan fingerprint density at radius 1 is 1.14 bits per heavy atom. The molecule has 0 aliphatic carbocycles. The average molecular weight is 289 g/mol. The minimum absolute atomic E-state index is 0.485. The highest BCUT2D eigenvalue weighted by Gasteiger charge is 2.30. The molecule has 1 aliphatic rings. The lowest BCUT2D eigenvalue weighted by molar-refractivity contribution is 0.0320. The van der Waals surface area contributed by atoms with Crippen LogP contribution in [-0.4, -0.2) is 54.6 Å². The van der Waals surface area contributed by atoms with Gasteiger partial charge in [-0.3, -0.25) is 9.80 Å². The summed E-state index contributed by atoms with van der Waals surface area (Å²) in [5, 5.41) is 0. The third-order valence-corrected chi connectivity index (χ3v) is 5.17. The summed E-state index contributed by atoms with van der Waals surface area (Å²) in [6.07, 6.45) is 1.14. The predicted molar refractivity (Wildman–Crippen MR) is 90.6 cm³/mol. The summed E-state index contributed by atoms with van der Waals surface area (Å²) < 4.78 is 0. The summed E-state index contributed by atoms with van der Waals surface area (Å²) in [6.45, 7) is 9.96. The van der Waals surface area contributed by atoms with E-state index < -0.39 is 0 Å². The Morgan fingerprint density at radius 3 is 2.24 bits per heavy atom. The van der Waals surface area contributed by atoms with Crippen LogP contribution in [-0.2, 0) is 0 Å². The molecule has 0 saturated carbocycles. The van der Waals surface area contributed by atoms with Crippen LogP contribution in [0.2, 0.25) is 0 Å². The standard InChI is InChI=1S/C18H31N3/c1-14(17-8-6-5-7-9-17)10-18(11-19)21-12-15(2)20(4)16(3)13-21/h5-9,14-16,18H,10-13,19H2,1-4H3. The molecule has 1 aromatic carbocycles. The summed E-state index contributed by atoms with van der Waals surface area (Å²) in [7, 11) is 2.23. The van der Waals surface area contributed by atoms with Crippen molar-refractivity contribution in [3.63, 3.8) is 0 Å². The van der Waals surface area contributed by atoms with E-state index in [0.717, 1.165) is 26.1 Å². The summed E-state index contributed by atoms with van der Waals surface area (Å²) in [4.78, 5) is 5.08. The second-order valence-corrected chi connectivity index (χ2v) is 6.75. The average Bonchev–Trinajstić information content (AvgIpc) is 2.50. The first-order valence-electron chi connectivity index (χ1n) is 8.24. The highest BCUT2D eigenvalue weighted by molar-refractivity contribution is 5.19. The molecule has 0 bridgehead atoms. The normalized spacial score (nSPS) is 27.5. The Balaban J connectivity index is 2.00. The van der Waals surface area contributed by atoms with Gasteiger partial charge in [-0.15, -0.1) is 0 Å². The number of nitrogens with zero attached hydrogens (tertiary/aromatic N) is 2. The molecule has 1 saturated heterocycles. The monoisotopic (exact) mass is 289 g/mol. The fourth-order valence-corrected chi connectivity index (χ4v) is 3.46. The maximum absolute atomic E-state index is 6.10. The number of piperazine rings is 1. The van der Waals surface area contributed by atoms with Crippen molar-refractivity contribution in [2.24, 2.45) is 5.73 Å². The van der Waals surface area contributed by atoms with E-state index in [1.807, 2.05) is 0 Å². The second-order valence-electron chi connectivity index (χ2n) is 6.75. The van der Waals surface area contributed by atoms with Gasteiger partial charge in [0, 0.05) is 37.8 Å². The SMILES string of the molecule is CC(CC(CN)N1CC(C)N(C)C(C)C1)c1ccccc1. The van der Waals surface area contributed by atoms with Gasteiger partial charge in [0.1, 0.15) is 0 Å². The maximum atomic E-state index is 6.10. The molecule has 1 fully saturated rings. The van der Waals surface area contributed by atoms with Gasteiger partial charge in [0.2, 0.25) is 0 Å². The van der Waals surface area contributed by atoms with Crippen LogP contribution in [0.1, 0.15) is 38.7 Å². The molecule has 1 aliphatic heterocycles. The van der Waals surface area contributed by atoms with Crippen molar-refractivity contribution in [1.29, 1.82) is 0 Å². The Kier molecular flexibility index (Phi) is 5.80. The summed E-state index contributed by atoms with van der Waals surface area (Å²) in [5.41, 5.74) is 7.52. The molecule has 2 N–H and O–H groups in total. The Morgan fingerprint density at radius 2 is 1.71 bits per heavy atom. The molecule has 0 radical (unpaired) electrons. The van der Waals surface area contributed by atoms with Gasteiger partial charge in [0.15, 0.2) is 0 Å². The molecule has 0 aromatic heterocycles. The van der Waals surface area contributed by atoms with Gasteiger partial charge in [-0.2, -0.15) is 0 Å². The quantitative estimate of drug-likeness (QED) is 0.904. The molecule has 2 rings (SSSR count). The van der Waals surface area contributed by atoms with Crippen LogP contribution in [0.25, 0.3) is 0 Å². The number of hydrogen-bond acceptors (Lipinski definition) is 3. The van der Waals surface area contributed by atoms with Gasteiger partial charge in [-0.1, -0.05) is 37.3 Å². The van der Waals surface area contributed by atoms with Crippen molar-refractivity contribution >= 4 is 0 Å². The third-order valence-electron chi connectivity index (χ3n) is 5.17. The van der Waals surface area contributed by atoms with E-state index in [1.54, 1.807) is 0 Å². The van der Waals surface area contributed by atoms with E-state index >= 15 is 0 Å². The number of rotatable bonds is 5. The van der Waals surface area contributed by atoms with Crippen molar-refractivity contribution in [2.45, 2.75) is 51.2 Å². The van der Waals surface area contributed by atoms with Crippen molar-refractivity contribution in [1.82, 2.24) is 9.80 Å². The molecule has 21 heavy (non-hydrogen) atoms. The van der Waals surface area contributed by atoms with Crippen molar-refractivity contribution in [2.75, 3.05) is 26.7 Å². The molecular weight excluding hydrogens is 258 g/mol. The zero-order chi connectivity index (χ0) is 15.4.